The van der Waals surface area contributed by atoms with Crippen LogP contribution in [0.25, 0.3) is 0 Å². The van der Waals surface area contributed by atoms with Crippen molar-refractivity contribution in [3.05, 3.63) is 16.0 Å². The average Bonchev–Trinajstić information content (AvgIpc) is 2.67. The van der Waals surface area contributed by atoms with Crippen molar-refractivity contribution in [2.45, 2.75) is 18.9 Å². The molecule has 1 unspecified atom stereocenters. The van der Waals surface area contributed by atoms with Gasteiger partial charge in [-0.25, -0.2) is 9.97 Å². The van der Waals surface area contributed by atoms with Crippen molar-refractivity contribution >= 4 is 44.5 Å². The third-order valence-electron chi connectivity index (χ3n) is 2.42. The molecule has 0 saturated carbocycles. The van der Waals surface area contributed by atoms with Gasteiger partial charge in [0.15, 0.2) is 0 Å². The van der Waals surface area contributed by atoms with Gasteiger partial charge in [0.2, 0.25) is 5.95 Å². The topological polar surface area (TPSA) is 29.0 Å². The van der Waals surface area contributed by atoms with E-state index in [1.54, 1.807) is 0 Å². The summed E-state index contributed by atoms with van der Waals surface area (Å²) in [4.78, 5) is 11.0. The van der Waals surface area contributed by atoms with Crippen LogP contribution in [0.3, 0.4) is 0 Å². The van der Waals surface area contributed by atoms with E-state index in [0.29, 0.717) is 6.04 Å². The number of aromatic nitrogens is 2. The summed E-state index contributed by atoms with van der Waals surface area (Å²) in [7, 11) is 0. The Bertz CT molecular complexity index is 303. The standard InChI is InChI=1S/C9H11BrIN3/c10-4-8-2-1-3-14(8)9-12-5-7(11)6-13-9/h5-6,8H,1-4H2. The van der Waals surface area contributed by atoms with E-state index in [4.69, 9.17) is 0 Å². The number of halogens is 2. The van der Waals surface area contributed by atoms with Crippen LogP contribution < -0.4 is 4.90 Å². The lowest BCUT2D eigenvalue weighted by molar-refractivity contribution is 0.730. The maximum Gasteiger partial charge on any atom is 0.225 e. The van der Waals surface area contributed by atoms with Crippen LogP contribution in [0.15, 0.2) is 12.4 Å². The molecule has 1 aromatic heterocycles. The molecule has 14 heavy (non-hydrogen) atoms. The molecule has 1 aromatic rings. The lowest BCUT2D eigenvalue weighted by Gasteiger charge is -2.22. The first kappa shape index (κ1) is 10.6. The molecule has 1 aliphatic rings. The van der Waals surface area contributed by atoms with Crippen molar-refractivity contribution in [2.24, 2.45) is 0 Å². The van der Waals surface area contributed by atoms with Gasteiger partial charge in [0, 0.05) is 33.9 Å². The third kappa shape index (κ3) is 2.18. The number of rotatable bonds is 2. The fourth-order valence-corrected chi connectivity index (χ4v) is 2.67. The fourth-order valence-electron chi connectivity index (χ4n) is 1.71. The van der Waals surface area contributed by atoms with E-state index in [-0.39, 0.29) is 0 Å². The lowest BCUT2D eigenvalue weighted by Crippen LogP contribution is -2.31. The van der Waals surface area contributed by atoms with Gasteiger partial charge < -0.3 is 4.90 Å². The molecular weight excluding hydrogens is 357 g/mol. The Balaban J connectivity index is 2.17. The first-order valence-corrected chi connectivity index (χ1v) is 6.81. The molecule has 0 bridgehead atoms. The highest BCUT2D eigenvalue weighted by Gasteiger charge is 2.25. The summed E-state index contributed by atoms with van der Waals surface area (Å²) in [6.07, 6.45) is 6.21. The third-order valence-corrected chi connectivity index (χ3v) is 3.72. The van der Waals surface area contributed by atoms with E-state index in [2.05, 4.69) is 53.4 Å². The molecule has 1 atom stereocenters. The van der Waals surface area contributed by atoms with Gasteiger partial charge in [0.05, 0.1) is 0 Å². The Morgan fingerprint density at radius 2 is 2.21 bits per heavy atom. The van der Waals surface area contributed by atoms with Crippen molar-refractivity contribution in [3.8, 4) is 0 Å². The van der Waals surface area contributed by atoms with Crippen LogP contribution in [0, 0.1) is 3.57 Å². The summed E-state index contributed by atoms with van der Waals surface area (Å²) in [6.45, 7) is 1.08. The largest absolute Gasteiger partial charge is 0.337 e. The predicted octanol–water partition coefficient (Wildman–Crippen LogP) is 2.44. The molecule has 76 valence electrons. The van der Waals surface area contributed by atoms with Crippen LogP contribution in [0.2, 0.25) is 0 Å². The normalized spacial score (nSPS) is 21.6. The van der Waals surface area contributed by atoms with E-state index in [1.165, 1.54) is 12.8 Å². The highest BCUT2D eigenvalue weighted by molar-refractivity contribution is 14.1. The van der Waals surface area contributed by atoms with E-state index in [1.807, 2.05) is 12.4 Å². The van der Waals surface area contributed by atoms with Crippen molar-refractivity contribution in [3.63, 3.8) is 0 Å². The molecular formula is C9H11BrIN3. The van der Waals surface area contributed by atoms with Gasteiger partial charge in [0.1, 0.15) is 0 Å². The molecule has 5 heteroatoms. The average molecular weight is 368 g/mol. The van der Waals surface area contributed by atoms with E-state index in [0.717, 1.165) is 21.4 Å². The summed E-state index contributed by atoms with van der Waals surface area (Å²) in [6, 6.07) is 0.565. The van der Waals surface area contributed by atoms with Crippen LogP contribution in [-0.2, 0) is 0 Å². The number of alkyl halides is 1. The second-order valence-electron chi connectivity index (χ2n) is 3.35. The SMILES string of the molecule is BrCC1CCCN1c1ncc(I)cn1. The van der Waals surface area contributed by atoms with Crippen LogP contribution in [-0.4, -0.2) is 27.9 Å². The zero-order valence-electron chi connectivity index (χ0n) is 7.66. The number of hydrogen-bond donors (Lipinski definition) is 0. The summed E-state index contributed by atoms with van der Waals surface area (Å²) < 4.78 is 1.08. The molecule has 0 spiro atoms. The highest BCUT2D eigenvalue weighted by Crippen LogP contribution is 2.23. The Labute approximate surface area is 106 Å². The van der Waals surface area contributed by atoms with Gasteiger partial charge in [-0.2, -0.15) is 0 Å². The minimum absolute atomic E-state index is 0.565. The molecule has 1 saturated heterocycles. The van der Waals surface area contributed by atoms with Crippen molar-refractivity contribution < 1.29 is 0 Å². The highest BCUT2D eigenvalue weighted by atomic mass is 127. The smallest absolute Gasteiger partial charge is 0.225 e. The van der Waals surface area contributed by atoms with Gasteiger partial charge in [0.25, 0.3) is 0 Å². The van der Waals surface area contributed by atoms with Gasteiger partial charge in [-0.15, -0.1) is 0 Å². The molecule has 0 N–H and O–H groups in total. The molecule has 0 aromatic carbocycles. The maximum atomic E-state index is 4.34. The maximum absolute atomic E-state index is 4.34. The summed E-state index contributed by atoms with van der Waals surface area (Å²) in [5.74, 6) is 0.868. The van der Waals surface area contributed by atoms with Gasteiger partial charge in [-0.05, 0) is 35.4 Å². The lowest BCUT2D eigenvalue weighted by atomic mass is 10.2. The van der Waals surface area contributed by atoms with Crippen LogP contribution in [0.1, 0.15) is 12.8 Å². The van der Waals surface area contributed by atoms with E-state index >= 15 is 0 Å². The number of nitrogens with zero attached hydrogens (tertiary/aromatic N) is 3. The fraction of sp³-hybridized carbons (Fsp3) is 0.556. The van der Waals surface area contributed by atoms with Crippen LogP contribution in [0.4, 0.5) is 5.95 Å². The van der Waals surface area contributed by atoms with Gasteiger partial charge in [-0.1, -0.05) is 15.9 Å². The monoisotopic (exact) mass is 367 g/mol. The predicted molar refractivity (Wildman–Crippen MR) is 68.9 cm³/mol. The molecule has 1 aliphatic heterocycles. The molecule has 0 radical (unpaired) electrons. The molecule has 0 aliphatic carbocycles. The first-order valence-electron chi connectivity index (χ1n) is 4.61. The van der Waals surface area contributed by atoms with Crippen LogP contribution >= 0.6 is 38.5 Å². The molecule has 1 fully saturated rings. The Morgan fingerprint density at radius 1 is 1.50 bits per heavy atom. The molecule has 2 heterocycles. The number of hydrogen-bond acceptors (Lipinski definition) is 3. The van der Waals surface area contributed by atoms with E-state index in [9.17, 15) is 0 Å². The summed E-state index contributed by atoms with van der Waals surface area (Å²) in [5, 5.41) is 1.00. The minimum Gasteiger partial charge on any atom is -0.337 e. The second-order valence-corrected chi connectivity index (χ2v) is 5.24. The van der Waals surface area contributed by atoms with Crippen LogP contribution in [0.5, 0.6) is 0 Å². The minimum atomic E-state index is 0.565. The summed E-state index contributed by atoms with van der Waals surface area (Å²) in [5.41, 5.74) is 0. The Hall–Kier alpha value is 0.0900. The second kappa shape index (κ2) is 4.74. The van der Waals surface area contributed by atoms with E-state index < -0.39 is 0 Å². The summed E-state index contributed by atoms with van der Waals surface area (Å²) >= 11 is 5.75. The molecule has 0 amide bonds. The zero-order chi connectivity index (χ0) is 9.97. The van der Waals surface area contributed by atoms with Crippen molar-refractivity contribution in [1.82, 2.24) is 9.97 Å². The Morgan fingerprint density at radius 3 is 2.86 bits per heavy atom. The zero-order valence-corrected chi connectivity index (χ0v) is 11.4. The van der Waals surface area contributed by atoms with Crippen molar-refractivity contribution in [1.29, 1.82) is 0 Å². The molecule has 2 rings (SSSR count). The Kier molecular flexibility index (Phi) is 3.59. The quantitative estimate of drug-likeness (QED) is 0.594. The van der Waals surface area contributed by atoms with Crippen molar-refractivity contribution in [2.75, 3.05) is 16.8 Å². The van der Waals surface area contributed by atoms with Gasteiger partial charge in [-0.3, -0.25) is 0 Å². The first-order chi connectivity index (χ1) is 6.81. The number of anilines is 1. The van der Waals surface area contributed by atoms with Gasteiger partial charge >= 0.3 is 0 Å². The molecule has 3 nitrogen and oxygen atoms in total.